The van der Waals surface area contributed by atoms with Crippen molar-refractivity contribution >= 4 is 23.6 Å². The molecule has 4 nitrogen and oxygen atoms in total. The van der Waals surface area contributed by atoms with E-state index in [0.717, 1.165) is 22.4 Å². The van der Waals surface area contributed by atoms with Crippen molar-refractivity contribution in [1.29, 1.82) is 0 Å². The molecule has 1 N–H and O–H groups in total. The third-order valence-corrected chi connectivity index (χ3v) is 6.61. The lowest BCUT2D eigenvalue weighted by Crippen LogP contribution is -2.50. The molecule has 168 valence electrons. The van der Waals surface area contributed by atoms with E-state index in [1.54, 1.807) is 16.7 Å². The van der Waals surface area contributed by atoms with Crippen LogP contribution in [0.5, 0.6) is 0 Å². The molecule has 0 spiro atoms. The molecule has 0 heterocycles. The predicted molar refractivity (Wildman–Crippen MR) is 130 cm³/mol. The number of benzene rings is 2. The number of nitrogens with one attached hydrogen (secondary N) is 1. The zero-order chi connectivity index (χ0) is 22.8. The molecule has 2 amide bonds. The third-order valence-electron chi connectivity index (χ3n) is 5.59. The smallest absolute Gasteiger partial charge is 0.243 e. The minimum atomic E-state index is -0.467. The van der Waals surface area contributed by atoms with Crippen LogP contribution in [0, 0.1) is 13.8 Å². The van der Waals surface area contributed by atoms with Gasteiger partial charge in [-0.1, -0.05) is 55.8 Å². The van der Waals surface area contributed by atoms with E-state index in [1.807, 2.05) is 52.0 Å². The number of hydrogen-bond acceptors (Lipinski definition) is 3. The number of nitrogens with zero attached hydrogens (tertiary/aromatic N) is 1. The van der Waals surface area contributed by atoms with Crippen molar-refractivity contribution in [1.82, 2.24) is 10.2 Å². The van der Waals surface area contributed by atoms with E-state index in [-0.39, 0.29) is 17.9 Å². The van der Waals surface area contributed by atoms with Crippen molar-refractivity contribution in [2.24, 2.45) is 0 Å². The Morgan fingerprint density at radius 2 is 1.68 bits per heavy atom. The summed E-state index contributed by atoms with van der Waals surface area (Å²) < 4.78 is 0. The summed E-state index contributed by atoms with van der Waals surface area (Å²) in [6.45, 7) is 10.6. The molecule has 0 aromatic heterocycles. The normalized spacial score (nSPS) is 12.8. The summed E-state index contributed by atoms with van der Waals surface area (Å²) in [4.78, 5) is 29.2. The predicted octanol–water partition coefficient (Wildman–Crippen LogP) is 5.51. The Morgan fingerprint density at radius 3 is 2.29 bits per heavy atom. The van der Waals surface area contributed by atoms with Gasteiger partial charge in [-0.25, -0.2) is 0 Å². The van der Waals surface area contributed by atoms with E-state index >= 15 is 0 Å². The van der Waals surface area contributed by atoms with Gasteiger partial charge in [0.1, 0.15) is 6.04 Å². The summed E-state index contributed by atoms with van der Waals surface area (Å²) >= 11 is 1.68. The molecule has 0 radical (unpaired) electrons. The molecule has 2 atom stereocenters. The highest BCUT2D eigenvalue weighted by molar-refractivity contribution is 7.99. The largest absolute Gasteiger partial charge is 0.352 e. The molecule has 2 aromatic carbocycles. The first-order chi connectivity index (χ1) is 14.8. The van der Waals surface area contributed by atoms with E-state index in [9.17, 15) is 9.59 Å². The first-order valence-corrected chi connectivity index (χ1v) is 12.2. The first kappa shape index (κ1) is 25.0. The zero-order valence-electron chi connectivity index (χ0n) is 19.5. The molecule has 31 heavy (non-hydrogen) atoms. The van der Waals surface area contributed by atoms with Gasteiger partial charge in [0.05, 0.1) is 0 Å². The molecule has 0 saturated carbocycles. The number of amides is 2. The van der Waals surface area contributed by atoms with Gasteiger partial charge < -0.3 is 10.2 Å². The second-order valence-electron chi connectivity index (χ2n) is 8.10. The molecule has 5 heteroatoms. The second-order valence-corrected chi connectivity index (χ2v) is 9.27. The molecule has 2 rings (SSSR count). The maximum absolute atomic E-state index is 13.3. The number of carbonyl (C=O) groups is 2. The molecule has 0 aliphatic carbocycles. The standard InChI is InChI=1S/C26H36N2O2S/c1-6-21(5)27-26(30)24(7-2)28(18-22-11-9-8-10-20(22)4)25(29)16-17-31-23-14-12-19(3)13-15-23/h8-15,21,24H,6-7,16-18H2,1-5H3,(H,27,30)/t21-,24-/m1/s1. The molecule has 0 saturated heterocycles. The fraction of sp³-hybridized carbons (Fsp3) is 0.462. The van der Waals surface area contributed by atoms with Gasteiger partial charge in [-0.2, -0.15) is 0 Å². The van der Waals surface area contributed by atoms with Crippen LogP contribution >= 0.6 is 11.8 Å². The SMILES string of the molecule is CC[C@@H](C)NC(=O)[C@@H](CC)N(Cc1ccccc1C)C(=O)CCSc1ccc(C)cc1. The summed E-state index contributed by atoms with van der Waals surface area (Å²) in [5, 5.41) is 3.07. The highest BCUT2D eigenvalue weighted by Crippen LogP contribution is 2.21. The number of carbonyl (C=O) groups excluding carboxylic acids is 2. The fourth-order valence-corrected chi connectivity index (χ4v) is 4.21. The summed E-state index contributed by atoms with van der Waals surface area (Å²) in [6, 6.07) is 16.0. The van der Waals surface area contributed by atoms with Crippen LogP contribution in [0.25, 0.3) is 0 Å². The van der Waals surface area contributed by atoms with E-state index < -0.39 is 6.04 Å². The lowest BCUT2D eigenvalue weighted by Gasteiger charge is -2.32. The number of aryl methyl sites for hydroxylation is 2. The number of rotatable bonds is 11. The van der Waals surface area contributed by atoms with Gasteiger partial charge in [-0.05, 0) is 56.9 Å². The maximum Gasteiger partial charge on any atom is 0.243 e. The Balaban J connectivity index is 2.14. The van der Waals surface area contributed by atoms with E-state index in [2.05, 4.69) is 36.5 Å². The Bertz CT molecular complexity index is 851. The van der Waals surface area contributed by atoms with Gasteiger partial charge in [-0.15, -0.1) is 11.8 Å². The summed E-state index contributed by atoms with van der Waals surface area (Å²) in [7, 11) is 0. The minimum Gasteiger partial charge on any atom is -0.352 e. The lowest BCUT2D eigenvalue weighted by atomic mass is 10.1. The van der Waals surface area contributed by atoms with E-state index in [4.69, 9.17) is 0 Å². The average molecular weight is 441 g/mol. The lowest BCUT2D eigenvalue weighted by molar-refractivity contribution is -0.141. The number of thioether (sulfide) groups is 1. The highest BCUT2D eigenvalue weighted by atomic mass is 32.2. The van der Waals surface area contributed by atoms with Crippen molar-refractivity contribution in [2.45, 2.75) is 77.4 Å². The minimum absolute atomic E-state index is 0.0222. The Labute approximate surface area is 191 Å². The van der Waals surface area contributed by atoms with Crippen LogP contribution in [-0.4, -0.2) is 34.6 Å². The van der Waals surface area contributed by atoms with E-state index in [1.165, 1.54) is 5.56 Å². The molecule has 0 fully saturated rings. The quantitative estimate of drug-likeness (QED) is 0.469. The van der Waals surface area contributed by atoms with Crippen LogP contribution in [-0.2, 0) is 16.1 Å². The summed E-state index contributed by atoms with van der Waals surface area (Å²) in [5.74, 6) is 0.647. The van der Waals surface area contributed by atoms with Gasteiger partial charge in [0.2, 0.25) is 11.8 Å². The Hall–Kier alpha value is -2.27. The monoisotopic (exact) mass is 440 g/mol. The van der Waals surface area contributed by atoms with Crippen LogP contribution in [0.4, 0.5) is 0 Å². The first-order valence-electron chi connectivity index (χ1n) is 11.2. The molecule has 0 unspecified atom stereocenters. The molecular formula is C26H36N2O2S. The van der Waals surface area contributed by atoms with Gasteiger partial charge in [-0.3, -0.25) is 9.59 Å². The molecule has 0 aliphatic heterocycles. The molecular weight excluding hydrogens is 404 g/mol. The third kappa shape index (κ3) is 7.73. The topological polar surface area (TPSA) is 49.4 Å². The van der Waals surface area contributed by atoms with Crippen molar-refractivity contribution in [3.05, 3.63) is 65.2 Å². The van der Waals surface area contributed by atoms with Crippen LogP contribution in [0.1, 0.15) is 56.7 Å². The molecule has 0 bridgehead atoms. The summed E-state index contributed by atoms with van der Waals surface area (Å²) in [5.41, 5.74) is 3.44. The van der Waals surface area contributed by atoms with Crippen LogP contribution < -0.4 is 5.32 Å². The van der Waals surface area contributed by atoms with Crippen molar-refractivity contribution < 1.29 is 9.59 Å². The second kappa shape index (κ2) is 12.6. The van der Waals surface area contributed by atoms with Gasteiger partial charge >= 0.3 is 0 Å². The van der Waals surface area contributed by atoms with Crippen LogP contribution in [0.3, 0.4) is 0 Å². The Morgan fingerprint density at radius 1 is 1.00 bits per heavy atom. The van der Waals surface area contributed by atoms with Gasteiger partial charge in [0.15, 0.2) is 0 Å². The van der Waals surface area contributed by atoms with Crippen LogP contribution in [0.2, 0.25) is 0 Å². The fourth-order valence-electron chi connectivity index (χ4n) is 3.37. The average Bonchev–Trinajstić information content (AvgIpc) is 2.76. The molecule has 0 aliphatic rings. The molecule has 2 aromatic rings. The Kier molecular flexibility index (Phi) is 10.1. The zero-order valence-corrected chi connectivity index (χ0v) is 20.3. The number of hydrogen-bond donors (Lipinski definition) is 1. The van der Waals surface area contributed by atoms with E-state index in [0.29, 0.717) is 25.1 Å². The highest BCUT2D eigenvalue weighted by Gasteiger charge is 2.29. The maximum atomic E-state index is 13.3. The van der Waals surface area contributed by atoms with Crippen molar-refractivity contribution in [3.63, 3.8) is 0 Å². The van der Waals surface area contributed by atoms with Crippen molar-refractivity contribution in [2.75, 3.05) is 5.75 Å². The van der Waals surface area contributed by atoms with Crippen molar-refractivity contribution in [3.8, 4) is 0 Å². The van der Waals surface area contributed by atoms with Gasteiger partial charge in [0, 0.05) is 29.7 Å². The van der Waals surface area contributed by atoms with Crippen LogP contribution in [0.15, 0.2) is 53.4 Å². The summed E-state index contributed by atoms with van der Waals surface area (Å²) in [6.07, 6.45) is 1.85. The van der Waals surface area contributed by atoms with Gasteiger partial charge in [0.25, 0.3) is 0 Å².